The van der Waals surface area contributed by atoms with E-state index in [1.807, 2.05) is 0 Å². The number of nitrogens with zero attached hydrogens (tertiary/aromatic N) is 3. The molecule has 3 amide bonds. The van der Waals surface area contributed by atoms with Gasteiger partial charge in [0.15, 0.2) is 11.6 Å². The smallest absolute Gasteiger partial charge is 0.270 e. The zero-order valence-electron chi connectivity index (χ0n) is 25.7. The fraction of sp³-hybridized carbons (Fsp3) is 0.645. The summed E-state index contributed by atoms with van der Waals surface area (Å²) < 4.78 is 40.7. The highest BCUT2D eigenvalue weighted by Gasteiger charge is 2.36. The summed E-state index contributed by atoms with van der Waals surface area (Å²) >= 11 is 0. The second-order valence-electron chi connectivity index (χ2n) is 11.5. The topological polar surface area (TPSA) is 125 Å². The van der Waals surface area contributed by atoms with E-state index in [4.69, 9.17) is 14.6 Å². The Balaban J connectivity index is 1.44. The number of carbonyl (C=O) groups is 3. The van der Waals surface area contributed by atoms with Crippen molar-refractivity contribution in [2.45, 2.75) is 57.7 Å². The van der Waals surface area contributed by atoms with E-state index >= 15 is 0 Å². The van der Waals surface area contributed by atoms with Crippen molar-refractivity contribution in [3.8, 4) is 0 Å². The summed E-state index contributed by atoms with van der Waals surface area (Å²) in [6.07, 6.45) is 4.94. The van der Waals surface area contributed by atoms with Crippen LogP contribution in [-0.2, 0) is 25.6 Å². The SMILES string of the molecule is CN[C@@H](C)C(=O)NC(C(=O)N1CCN(C(=O)c2cc3cc(F)c(F)cc3n2CCOCCOCCO)CC1)C1CCCCC1. The van der Waals surface area contributed by atoms with Crippen molar-refractivity contribution in [2.75, 3.05) is 66.3 Å². The summed E-state index contributed by atoms with van der Waals surface area (Å²) in [5, 5.41) is 15.1. The first-order valence-corrected chi connectivity index (χ1v) is 15.6. The molecule has 11 nitrogen and oxygen atoms in total. The zero-order valence-corrected chi connectivity index (χ0v) is 25.7. The number of aliphatic hydroxyl groups is 1. The number of ether oxygens (including phenoxy) is 2. The van der Waals surface area contributed by atoms with Gasteiger partial charge in [0, 0.05) is 44.2 Å². The molecule has 3 N–H and O–H groups in total. The van der Waals surface area contributed by atoms with Crippen LogP contribution in [0, 0.1) is 17.6 Å². The van der Waals surface area contributed by atoms with Crippen molar-refractivity contribution in [3.05, 3.63) is 35.5 Å². The number of aliphatic hydroxyl groups excluding tert-OH is 1. The lowest BCUT2D eigenvalue weighted by Crippen LogP contribution is -2.59. The lowest BCUT2D eigenvalue weighted by atomic mass is 9.83. The van der Waals surface area contributed by atoms with Crippen LogP contribution >= 0.6 is 0 Å². The van der Waals surface area contributed by atoms with Gasteiger partial charge >= 0.3 is 0 Å². The number of amides is 3. The normalized spacial score (nSPS) is 17.6. The molecule has 1 aliphatic carbocycles. The Hall–Kier alpha value is -3.13. The molecule has 1 saturated heterocycles. The van der Waals surface area contributed by atoms with Crippen LogP contribution in [0.25, 0.3) is 10.9 Å². The quantitative estimate of drug-likeness (QED) is 0.275. The molecule has 13 heteroatoms. The third kappa shape index (κ3) is 8.32. The van der Waals surface area contributed by atoms with Crippen LogP contribution in [0.15, 0.2) is 18.2 Å². The first-order chi connectivity index (χ1) is 21.2. The van der Waals surface area contributed by atoms with Crippen LogP contribution in [0.3, 0.4) is 0 Å². The Labute approximate surface area is 256 Å². The van der Waals surface area contributed by atoms with E-state index in [-0.39, 0.29) is 75.4 Å². The maximum atomic E-state index is 14.2. The number of hydrogen-bond donors (Lipinski definition) is 3. The van der Waals surface area contributed by atoms with Crippen LogP contribution < -0.4 is 10.6 Å². The average Bonchev–Trinajstić information content (AvgIpc) is 3.39. The highest BCUT2D eigenvalue weighted by molar-refractivity contribution is 5.99. The van der Waals surface area contributed by atoms with E-state index in [0.717, 1.165) is 44.2 Å². The number of fused-ring (bicyclic) bond motifs is 1. The van der Waals surface area contributed by atoms with Crippen molar-refractivity contribution < 1.29 is 37.7 Å². The molecule has 244 valence electrons. The summed E-state index contributed by atoms with van der Waals surface area (Å²) in [4.78, 5) is 43.6. The predicted molar refractivity (Wildman–Crippen MR) is 160 cm³/mol. The van der Waals surface area contributed by atoms with Crippen LogP contribution in [0.1, 0.15) is 49.5 Å². The Bertz CT molecular complexity index is 1280. The fourth-order valence-corrected chi connectivity index (χ4v) is 5.96. The average molecular weight is 622 g/mol. The van der Waals surface area contributed by atoms with E-state index in [1.165, 1.54) is 0 Å². The van der Waals surface area contributed by atoms with Gasteiger partial charge in [0.05, 0.1) is 44.6 Å². The van der Waals surface area contributed by atoms with E-state index < -0.39 is 23.7 Å². The van der Waals surface area contributed by atoms with Crippen molar-refractivity contribution in [1.82, 2.24) is 25.0 Å². The van der Waals surface area contributed by atoms with Gasteiger partial charge < -0.3 is 39.6 Å². The Morgan fingerprint density at radius 3 is 2.23 bits per heavy atom. The van der Waals surface area contributed by atoms with Crippen molar-refractivity contribution in [1.29, 1.82) is 0 Å². The number of carbonyl (C=O) groups excluding carboxylic acids is 3. The number of halogens is 2. The summed E-state index contributed by atoms with van der Waals surface area (Å²) in [5.74, 6) is -2.58. The number of benzene rings is 1. The second kappa shape index (κ2) is 16.3. The number of likely N-dealkylation sites (N-methyl/N-ethyl adjacent to an activating group) is 1. The third-order valence-corrected chi connectivity index (χ3v) is 8.62. The molecule has 0 bridgehead atoms. The number of piperazine rings is 1. The van der Waals surface area contributed by atoms with Gasteiger partial charge in [-0.2, -0.15) is 0 Å². The molecule has 0 spiro atoms. The molecule has 2 aliphatic rings. The van der Waals surface area contributed by atoms with Crippen LogP contribution in [0.5, 0.6) is 0 Å². The minimum atomic E-state index is -1.01. The van der Waals surface area contributed by atoms with Crippen molar-refractivity contribution in [2.24, 2.45) is 5.92 Å². The van der Waals surface area contributed by atoms with Crippen LogP contribution in [-0.4, -0.2) is 116 Å². The van der Waals surface area contributed by atoms with Gasteiger partial charge in [-0.3, -0.25) is 14.4 Å². The van der Waals surface area contributed by atoms with Gasteiger partial charge in [-0.25, -0.2) is 8.78 Å². The number of aromatic nitrogens is 1. The minimum Gasteiger partial charge on any atom is -0.394 e. The van der Waals surface area contributed by atoms with Gasteiger partial charge in [-0.15, -0.1) is 0 Å². The molecule has 1 aliphatic heterocycles. The summed E-state index contributed by atoms with van der Waals surface area (Å²) in [5.41, 5.74) is 0.654. The lowest BCUT2D eigenvalue weighted by Gasteiger charge is -2.39. The van der Waals surface area contributed by atoms with Gasteiger partial charge in [0.1, 0.15) is 11.7 Å². The Kier molecular flexibility index (Phi) is 12.5. The molecule has 2 atom stereocenters. The zero-order chi connectivity index (χ0) is 31.6. The standard InChI is InChI=1S/C31H45F2N5O6/c1-21(34-2)29(40)35-28(22-6-4-3-5-7-22)31(42)37-10-8-36(9-11-37)30(41)27-19-23-18-24(32)25(33)20-26(23)38(27)12-14-43-16-17-44-15-13-39/h18-22,28,34,39H,3-17H2,1-2H3,(H,35,40)/t21-,28?/m0/s1. The first-order valence-electron chi connectivity index (χ1n) is 15.6. The molecule has 1 aromatic carbocycles. The van der Waals surface area contributed by atoms with Gasteiger partial charge in [-0.05, 0) is 44.9 Å². The molecule has 0 radical (unpaired) electrons. The molecule has 2 aromatic rings. The number of nitrogens with one attached hydrogen (secondary N) is 2. The van der Waals surface area contributed by atoms with E-state index in [1.54, 1.807) is 34.4 Å². The molecule has 2 heterocycles. The molecule has 2 fully saturated rings. The Morgan fingerprint density at radius 2 is 1.57 bits per heavy atom. The summed E-state index contributed by atoms with van der Waals surface area (Å²) in [7, 11) is 1.70. The summed E-state index contributed by atoms with van der Waals surface area (Å²) in [6, 6.07) is 2.67. The largest absolute Gasteiger partial charge is 0.394 e. The second-order valence-corrected chi connectivity index (χ2v) is 11.5. The predicted octanol–water partition coefficient (Wildman–Crippen LogP) is 1.90. The van der Waals surface area contributed by atoms with Crippen molar-refractivity contribution >= 4 is 28.6 Å². The van der Waals surface area contributed by atoms with Crippen molar-refractivity contribution in [3.63, 3.8) is 0 Å². The molecule has 1 aromatic heterocycles. The molecule has 44 heavy (non-hydrogen) atoms. The van der Waals surface area contributed by atoms with Crippen LogP contribution in [0.4, 0.5) is 8.78 Å². The van der Waals surface area contributed by atoms with E-state index in [0.29, 0.717) is 30.6 Å². The first kappa shape index (κ1) is 33.8. The number of rotatable bonds is 14. The van der Waals surface area contributed by atoms with Gasteiger partial charge in [0.2, 0.25) is 11.8 Å². The number of hydrogen-bond acceptors (Lipinski definition) is 7. The maximum Gasteiger partial charge on any atom is 0.270 e. The van der Waals surface area contributed by atoms with E-state index in [2.05, 4.69) is 10.6 Å². The highest BCUT2D eigenvalue weighted by atomic mass is 19.2. The van der Waals surface area contributed by atoms with Gasteiger partial charge in [-0.1, -0.05) is 19.3 Å². The summed E-state index contributed by atoms with van der Waals surface area (Å²) in [6.45, 7) is 4.06. The fourth-order valence-electron chi connectivity index (χ4n) is 5.96. The van der Waals surface area contributed by atoms with Crippen LogP contribution in [0.2, 0.25) is 0 Å². The lowest BCUT2D eigenvalue weighted by molar-refractivity contribution is -0.140. The minimum absolute atomic E-state index is 0.0730. The molecule has 4 rings (SSSR count). The third-order valence-electron chi connectivity index (χ3n) is 8.62. The maximum absolute atomic E-state index is 14.2. The monoisotopic (exact) mass is 621 g/mol. The Morgan fingerprint density at radius 1 is 0.932 bits per heavy atom. The molecular formula is C31H45F2N5O6. The van der Waals surface area contributed by atoms with E-state index in [9.17, 15) is 23.2 Å². The molecular weight excluding hydrogens is 576 g/mol. The molecule has 1 unspecified atom stereocenters. The van der Waals surface area contributed by atoms with Gasteiger partial charge in [0.25, 0.3) is 5.91 Å². The molecule has 1 saturated carbocycles. The highest BCUT2D eigenvalue weighted by Crippen LogP contribution is 2.28.